The molecular formula is C12H14N2OS2. The summed E-state index contributed by atoms with van der Waals surface area (Å²) >= 11 is 3.34. The average molecular weight is 266 g/mol. The van der Waals surface area contributed by atoms with Crippen LogP contribution in [0.25, 0.3) is 10.6 Å². The Morgan fingerprint density at radius 3 is 2.94 bits per heavy atom. The van der Waals surface area contributed by atoms with E-state index >= 15 is 0 Å². The lowest BCUT2D eigenvalue weighted by molar-refractivity contribution is -0.120. The van der Waals surface area contributed by atoms with Crippen molar-refractivity contribution in [2.75, 3.05) is 0 Å². The number of hydrogen-bond donors (Lipinski definition) is 1. The molecule has 1 amide bonds. The lowest BCUT2D eigenvalue weighted by Crippen LogP contribution is -2.20. The lowest BCUT2D eigenvalue weighted by atomic mass is 10.3. The first kappa shape index (κ1) is 12.3. The van der Waals surface area contributed by atoms with E-state index in [0.717, 1.165) is 20.5 Å². The molecule has 0 aliphatic carbocycles. The number of aromatic nitrogens is 1. The topological polar surface area (TPSA) is 42.0 Å². The van der Waals surface area contributed by atoms with Gasteiger partial charge in [-0.15, -0.1) is 22.7 Å². The third-order valence-electron chi connectivity index (χ3n) is 2.31. The Morgan fingerprint density at radius 2 is 2.29 bits per heavy atom. The first-order chi connectivity index (χ1) is 8.19. The minimum atomic E-state index is 0.0875. The largest absolute Gasteiger partial charge is 0.351 e. The molecule has 0 fully saturated rings. The van der Waals surface area contributed by atoms with E-state index in [9.17, 15) is 4.79 Å². The van der Waals surface area contributed by atoms with E-state index < -0.39 is 0 Å². The summed E-state index contributed by atoms with van der Waals surface area (Å²) in [5, 5.41) is 6.02. The Morgan fingerprint density at radius 1 is 1.47 bits per heavy atom. The predicted octanol–water partition coefficient (Wildman–Crippen LogP) is 3.21. The SMILES string of the molecule is CCC(=O)NCc1ccc(-c2csc(C)n2)s1. The summed E-state index contributed by atoms with van der Waals surface area (Å²) in [6.45, 7) is 4.47. The van der Waals surface area contributed by atoms with Gasteiger partial charge in [0.1, 0.15) is 0 Å². The van der Waals surface area contributed by atoms with Crippen LogP contribution in [0.2, 0.25) is 0 Å². The maximum atomic E-state index is 11.1. The van der Waals surface area contributed by atoms with Crippen molar-refractivity contribution in [3.63, 3.8) is 0 Å². The number of aryl methyl sites for hydroxylation is 1. The molecule has 2 aromatic heterocycles. The summed E-state index contributed by atoms with van der Waals surface area (Å²) in [7, 11) is 0. The maximum Gasteiger partial charge on any atom is 0.220 e. The zero-order chi connectivity index (χ0) is 12.3. The zero-order valence-electron chi connectivity index (χ0n) is 9.82. The third-order valence-corrected chi connectivity index (χ3v) is 4.20. The molecule has 0 spiro atoms. The van der Waals surface area contributed by atoms with Gasteiger partial charge in [-0.25, -0.2) is 4.98 Å². The quantitative estimate of drug-likeness (QED) is 0.923. The standard InChI is InChI=1S/C12H14N2OS2/c1-3-12(15)13-6-9-4-5-11(17-9)10-7-16-8(2)14-10/h4-5,7H,3,6H2,1-2H3,(H,13,15). The number of thiazole rings is 1. The van der Waals surface area contributed by atoms with Crippen LogP contribution in [0.15, 0.2) is 17.5 Å². The van der Waals surface area contributed by atoms with Crippen molar-refractivity contribution in [2.24, 2.45) is 0 Å². The molecule has 0 saturated heterocycles. The molecule has 2 heterocycles. The number of carbonyl (C=O) groups is 1. The molecule has 0 unspecified atom stereocenters. The van der Waals surface area contributed by atoms with Gasteiger partial charge in [0.2, 0.25) is 5.91 Å². The summed E-state index contributed by atoms with van der Waals surface area (Å²) in [6.07, 6.45) is 0.531. The molecule has 0 radical (unpaired) electrons. The lowest BCUT2D eigenvalue weighted by Gasteiger charge is -1.99. The summed E-state index contributed by atoms with van der Waals surface area (Å²) < 4.78 is 0. The predicted molar refractivity (Wildman–Crippen MR) is 72.3 cm³/mol. The number of amides is 1. The van der Waals surface area contributed by atoms with Gasteiger partial charge < -0.3 is 5.32 Å². The Labute approximate surface area is 109 Å². The molecule has 0 atom stereocenters. The van der Waals surface area contributed by atoms with Gasteiger partial charge >= 0.3 is 0 Å². The highest BCUT2D eigenvalue weighted by Gasteiger charge is 2.06. The van der Waals surface area contributed by atoms with Crippen molar-refractivity contribution >= 4 is 28.6 Å². The Bertz CT molecular complexity index is 516. The van der Waals surface area contributed by atoms with Crippen LogP contribution in [0.3, 0.4) is 0 Å². The molecule has 0 saturated carbocycles. The van der Waals surface area contributed by atoms with E-state index in [2.05, 4.69) is 21.7 Å². The minimum absolute atomic E-state index is 0.0875. The number of hydrogen-bond acceptors (Lipinski definition) is 4. The van der Waals surface area contributed by atoms with Gasteiger partial charge in [-0.1, -0.05) is 6.92 Å². The minimum Gasteiger partial charge on any atom is -0.351 e. The van der Waals surface area contributed by atoms with E-state index in [0.29, 0.717) is 13.0 Å². The van der Waals surface area contributed by atoms with E-state index in [1.165, 1.54) is 0 Å². The van der Waals surface area contributed by atoms with Crippen molar-refractivity contribution in [3.05, 3.63) is 27.4 Å². The molecule has 90 valence electrons. The number of nitrogens with zero attached hydrogens (tertiary/aromatic N) is 1. The molecule has 0 aliphatic rings. The Hall–Kier alpha value is -1.20. The van der Waals surface area contributed by atoms with Crippen LogP contribution in [0.5, 0.6) is 0 Å². The van der Waals surface area contributed by atoms with Gasteiger partial charge in [-0.3, -0.25) is 4.79 Å². The number of carbonyl (C=O) groups excluding carboxylic acids is 1. The monoisotopic (exact) mass is 266 g/mol. The van der Waals surface area contributed by atoms with Gasteiger partial charge in [0.15, 0.2) is 0 Å². The van der Waals surface area contributed by atoms with Crippen LogP contribution in [-0.2, 0) is 11.3 Å². The molecule has 17 heavy (non-hydrogen) atoms. The fraction of sp³-hybridized carbons (Fsp3) is 0.333. The first-order valence-corrected chi connectivity index (χ1v) is 7.16. The van der Waals surface area contributed by atoms with Gasteiger partial charge in [-0.2, -0.15) is 0 Å². The molecule has 1 N–H and O–H groups in total. The molecular weight excluding hydrogens is 252 g/mol. The molecule has 2 aromatic rings. The number of rotatable bonds is 4. The molecule has 2 rings (SSSR count). The third kappa shape index (κ3) is 3.14. The van der Waals surface area contributed by atoms with Crippen LogP contribution in [0.1, 0.15) is 23.2 Å². The molecule has 0 aliphatic heterocycles. The van der Waals surface area contributed by atoms with Gasteiger partial charge in [0, 0.05) is 16.7 Å². The van der Waals surface area contributed by atoms with Crippen molar-refractivity contribution < 1.29 is 4.79 Å². The fourth-order valence-corrected chi connectivity index (χ4v) is 2.99. The van der Waals surface area contributed by atoms with E-state index in [1.54, 1.807) is 22.7 Å². The highest BCUT2D eigenvalue weighted by molar-refractivity contribution is 7.16. The molecule has 0 bridgehead atoms. The number of nitrogens with one attached hydrogen (secondary N) is 1. The fourth-order valence-electron chi connectivity index (χ4n) is 1.40. The molecule has 5 heteroatoms. The van der Waals surface area contributed by atoms with Crippen LogP contribution < -0.4 is 5.32 Å². The summed E-state index contributed by atoms with van der Waals surface area (Å²) in [4.78, 5) is 17.9. The van der Waals surface area contributed by atoms with E-state index in [1.807, 2.05) is 19.9 Å². The molecule has 0 aromatic carbocycles. The van der Waals surface area contributed by atoms with Crippen molar-refractivity contribution in [1.82, 2.24) is 10.3 Å². The van der Waals surface area contributed by atoms with Gasteiger partial charge in [-0.05, 0) is 19.1 Å². The molecule has 3 nitrogen and oxygen atoms in total. The maximum absolute atomic E-state index is 11.1. The smallest absolute Gasteiger partial charge is 0.220 e. The highest BCUT2D eigenvalue weighted by atomic mass is 32.1. The second-order valence-electron chi connectivity index (χ2n) is 3.65. The van der Waals surface area contributed by atoms with E-state index in [4.69, 9.17) is 0 Å². The van der Waals surface area contributed by atoms with Crippen LogP contribution >= 0.6 is 22.7 Å². The second kappa shape index (κ2) is 5.42. The summed E-state index contributed by atoms with van der Waals surface area (Å²) in [6, 6.07) is 4.11. The normalized spacial score (nSPS) is 10.5. The highest BCUT2D eigenvalue weighted by Crippen LogP contribution is 2.28. The summed E-state index contributed by atoms with van der Waals surface area (Å²) in [5.74, 6) is 0.0875. The van der Waals surface area contributed by atoms with Crippen molar-refractivity contribution in [2.45, 2.75) is 26.8 Å². The summed E-state index contributed by atoms with van der Waals surface area (Å²) in [5.41, 5.74) is 1.03. The zero-order valence-corrected chi connectivity index (χ0v) is 11.5. The van der Waals surface area contributed by atoms with Gasteiger partial charge in [0.25, 0.3) is 0 Å². The van der Waals surface area contributed by atoms with E-state index in [-0.39, 0.29) is 5.91 Å². The van der Waals surface area contributed by atoms with Crippen molar-refractivity contribution in [3.8, 4) is 10.6 Å². The average Bonchev–Trinajstić information content (AvgIpc) is 2.94. The van der Waals surface area contributed by atoms with Gasteiger partial charge in [0.05, 0.1) is 22.1 Å². The van der Waals surface area contributed by atoms with Crippen LogP contribution in [-0.4, -0.2) is 10.9 Å². The Kier molecular flexibility index (Phi) is 3.91. The van der Waals surface area contributed by atoms with Crippen LogP contribution in [0.4, 0.5) is 0 Å². The number of thiophene rings is 1. The Balaban J connectivity index is 2.03. The van der Waals surface area contributed by atoms with Crippen LogP contribution in [0, 0.1) is 6.92 Å². The van der Waals surface area contributed by atoms with Crippen molar-refractivity contribution in [1.29, 1.82) is 0 Å². The first-order valence-electron chi connectivity index (χ1n) is 5.47. The second-order valence-corrected chi connectivity index (χ2v) is 5.88.